The van der Waals surface area contributed by atoms with Gasteiger partial charge in [0.25, 0.3) is 0 Å². The predicted molar refractivity (Wildman–Crippen MR) is 96.0 cm³/mol. The molecule has 0 aliphatic rings. The molecular formula is C18H13ClN2O2S. The largest absolute Gasteiger partial charge is 0.361 e. The lowest BCUT2D eigenvalue weighted by Gasteiger charge is -2.03. The van der Waals surface area contributed by atoms with Crippen molar-refractivity contribution >= 4 is 38.4 Å². The summed E-state index contributed by atoms with van der Waals surface area (Å²) in [5.41, 5.74) is 2.14. The first kappa shape index (κ1) is 16.3. The molecule has 6 heteroatoms. The van der Waals surface area contributed by atoms with Crippen LogP contribution in [0.2, 0.25) is 5.02 Å². The predicted octanol–water partition coefficient (Wildman–Crippen LogP) is 4.30. The molecule has 1 N–H and O–H groups in total. The van der Waals surface area contributed by atoms with Gasteiger partial charge in [0.2, 0.25) is 0 Å². The van der Waals surface area contributed by atoms with Crippen molar-refractivity contribution in [3.8, 4) is 6.07 Å². The zero-order chi connectivity index (χ0) is 17.2. The summed E-state index contributed by atoms with van der Waals surface area (Å²) in [7, 11) is -3.74. The van der Waals surface area contributed by atoms with Crippen LogP contribution < -0.4 is 0 Å². The molecule has 2 aromatic carbocycles. The van der Waals surface area contributed by atoms with Crippen LogP contribution in [0.5, 0.6) is 0 Å². The van der Waals surface area contributed by atoms with Crippen molar-refractivity contribution in [1.29, 1.82) is 5.26 Å². The number of nitrogens with zero attached hydrogens (tertiary/aromatic N) is 1. The van der Waals surface area contributed by atoms with Crippen LogP contribution in [0, 0.1) is 11.3 Å². The Hall–Kier alpha value is -2.55. The molecule has 0 amide bonds. The number of sulfone groups is 1. The summed E-state index contributed by atoms with van der Waals surface area (Å²) >= 11 is 5.81. The van der Waals surface area contributed by atoms with Gasteiger partial charge in [0.1, 0.15) is 11.0 Å². The molecule has 0 fully saturated rings. The fourth-order valence-electron chi connectivity index (χ4n) is 2.42. The molecule has 0 atom stereocenters. The molecule has 120 valence electrons. The van der Waals surface area contributed by atoms with Crippen LogP contribution >= 0.6 is 11.6 Å². The molecule has 1 aromatic heterocycles. The van der Waals surface area contributed by atoms with Gasteiger partial charge in [0.15, 0.2) is 9.84 Å². The minimum atomic E-state index is -3.74. The van der Waals surface area contributed by atoms with E-state index in [1.807, 2.05) is 30.3 Å². The highest BCUT2D eigenvalue weighted by atomic mass is 35.5. The Balaban J connectivity index is 1.98. The van der Waals surface area contributed by atoms with Gasteiger partial charge in [-0.3, -0.25) is 0 Å². The topological polar surface area (TPSA) is 73.7 Å². The monoisotopic (exact) mass is 356 g/mol. The van der Waals surface area contributed by atoms with E-state index in [4.69, 9.17) is 11.6 Å². The third-order valence-electron chi connectivity index (χ3n) is 3.62. The van der Waals surface area contributed by atoms with E-state index in [0.717, 1.165) is 10.9 Å². The van der Waals surface area contributed by atoms with Crippen molar-refractivity contribution in [2.24, 2.45) is 0 Å². The molecule has 0 aliphatic carbocycles. The second kappa shape index (κ2) is 6.52. The fraction of sp³-hybridized carbons (Fsp3) is 0.0556. The van der Waals surface area contributed by atoms with Gasteiger partial charge in [-0.2, -0.15) is 5.26 Å². The Morgan fingerprint density at radius 3 is 2.58 bits per heavy atom. The van der Waals surface area contributed by atoms with Crippen molar-refractivity contribution in [3.63, 3.8) is 0 Å². The number of para-hydroxylation sites is 1. The standard InChI is InChI=1S/C18H13ClN2O2S/c19-15-7-5-13(6-8-15)12-24(22,23)16(10-20)9-14-11-21-18-4-2-1-3-17(14)18/h1-9,11,21H,12H2/b16-9-. The summed E-state index contributed by atoms with van der Waals surface area (Å²) in [5, 5.41) is 10.7. The van der Waals surface area contributed by atoms with Crippen molar-refractivity contribution in [1.82, 2.24) is 4.98 Å². The second-order valence-electron chi connectivity index (χ2n) is 5.30. The number of H-pyrrole nitrogens is 1. The molecule has 0 aliphatic heterocycles. The molecule has 0 unspecified atom stereocenters. The lowest BCUT2D eigenvalue weighted by Crippen LogP contribution is -2.06. The summed E-state index contributed by atoms with van der Waals surface area (Å²) in [4.78, 5) is 2.80. The number of hydrogen-bond donors (Lipinski definition) is 1. The van der Waals surface area contributed by atoms with Crippen molar-refractivity contribution in [2.75, 3.05) is 0 Å². The van der Waals surface area contributed by atoms with E-state index >= 15 is 0 Å². The van der Waals surface area contributed by atoms with Crippen molar-refractivity contribution < 1.29 is 8.42 Å². The first-order valence-corrected chi connectivity index (χ1v) is 9.18. The first-order valence-electron chi connectivity index (χ1n) is 7.15. The number of nitrogens with one attached hydrogen (secondary N) is 1. The number of hydrogen-bond acceptors (Lipinski definition) is 3. The van der Waals surface area contributed by atoms with E-state index < -0.39 is 9.84 Å². The molecule has 1 heterocycles. The molecule has 3 aromatic rings. The minimum Gasteiger partial charge on any atom is -0.361 e. The highest BCUT2D eigenvalue weighted by Crippen LogP contribution is 2.23. The van der Waals surface area contributed by atoms with Crippen LogP contribution in [0.25, 0.3) is 17.0 Å². The summed E-state index contributed by atoms with van der Waals surface area (Å²) in [5.74, 6) is -0.244. The molecule has 4 nitrogen and oxygen atoms in total. The van der Waals surface area contributed by atoms with Gasteiger partial charge >= 0.3 is 0 Å². The average Bonchev–Trinajstić information content (AvgIpc) is 2.97. The van der Waals surface area contributed by atoms with Gasteiger partial charge in [-0.25, -0.2) is 8.42 Å². The number of allylic oxidation sites excluding steroid dienone is 1. The quantitative estimate of drug-likeness (QED) is 0.708. The van der Waals surface area contributed by atoms with Crippen molar-refractivity contribution in [2.45, 2.75) is 5.75 Å². The third-order valence-corrected chi connectivity index (χ3v) is 5.47. The van der Waals surface area contributed by atoms with Crippen LogP contribution in [-0.2, 0) is 15.6 Å². The molecule has 24 heavy (non-hydrogen) atoms. The van der Waals surface area contributed by atoms with Gasteiger partial charge in [0.05, 0.1) is 5.75 Å². The molecule has 3 rings (SSSR count). The summed E-state index contributed by atoms with van der Waals surface area (Å²) in [6.45, 7) is 0. The molecule has 0 saturated heterocycles. The number of nitriles is 1. The number of halogens is 1. The number of aromatic amines is 1. The maximum atomic E-state index is 12.5. The zero-order valence-corrected chi connectivity index (χ0v) is 14.1. The van der Waals surface area contributed by atoms with E-state index in [-0.39, 0.29) is 10.7 Å². The second-order valence-corrected chi connectivity index (χ2v) is 7.69. The van der Waals surface area contributed by atoms with E-state index in [9.17, 15) is 13.7 Å². The Bertz CT molecular complexity index is 1060. The maximum absolute atomic E-state index is 12.5. The molecule has 0 radical (unpaired) electrons. The number of aromatic nitrogens is 1. The zero-order valence-electron chi connectivity index (χ0n) is 12.5. The SMILES string of the molecule is N#C/C(=C/c1c[nH]c2ccccc12)S(=O)(=O)Cc1ccc(Cl)cc1. The lowest BCUT2D eigenvalue weighted by molar-refractivity contribution is 0.602. The van der Waals surface area contributed by atoms with E-state index in [1.165, 1.54) is 6.08 Å². The molecule has 0 saturated carbocycles. The number of rotatable bonds is 4. The smallest absolute Gasteiger partial charge is 0.192 e. The van der Waals surface area contributed by atoms with Gasteiger partial charge in [-0.1, -0.05) is 41.9 Å². The maximum Gasteiger partial charge on any atom is 0.192 e. The Labute approximate surface area is 144 Å². The lowest BCUT2D eigenvalue weighted by atomic mass is 10.1. The van der Waals surface area contributed by atoms with Crippen LogP contribution in [0.4, 0.5) is 0 Å². The Morgan fingerprint density at radius 1 is 1.17 bits per heavy atom. The summed E-state index contributed by atoms with van der Waals surface area (Å²) in [6.07, 6.45) is 3.10. The van der Waals surface area contributed by atoms with Gasteiger partial charge in [0, 0.05) is 27.7 Å². The number of fused-ring (bicyclic) bond motifs is 1. The van der Waals surface area contributed by atoms with Crippen LogP contribution in [0.15, 0.2) is 59.6 Å². The van der Waals surface area contributed by atoms with Gasteiger partial charge < -0.3 is 4.98 Å². The van der Waals surface area contributed by atoms with E-state index in [1.54, 1.807) is 30.5 Å². The Kier molecular flexibility index (Phi) is 4.43. The number of benzene rings is 2. The Morgan fingerprint density at radius 2 is 1.88 bits per heavy atom. The molecular weight excluding hydrogens is 344 g/mol. The van der Waals surface area contributed by atoms with Gasteiger partial charge in [-0.05, 0) is 29.8 Å². The molecule has 0 bridgehead atoms. The highest BCUT2D eigenvalue weighted by Gasteiger charge is 2.19. The summed E-state index contributed by atoms with van der Waals surface area (Å²) in [6, 6.07) is 15.9. The van der Waals surface area contributed by atoms with E-state index in [0.29, 0.717) is 16.1 Å². The van der Waals surface area contributed by atoms with Gasteiger partial charge in [-0.15, -0.1) is 0 Å². The average molecular weight is 357 g/mol. The van der Waals surface area contributed by atoms with Crippen molar-refractivity contribution in [3.05, 3.63) is 75.8 Å². The molecule has 0 spiro atoms. The third kappa shape index (κ3) is 3.35. The first-order chi connectivity index (χ1) is 11.5. The minimum absolute atomic E-state index is 0.244. The van der Waals surface area contributed by atoms with Crippen LogP contribution in [0.1, 0.15) is 11.1 Å². The van der Waals surface area contributed by atoms with E-state index in [2.05, 4.69) is 4.98 Å². The van der Waals surface area contributed by atoms with Crippen LogP contribution in [-0.4, -0.2) is 13.4 Å². The highest BCUT2D eigenvalue weighted by molar-refractivity contribution is 7.95. The van der Waals surface area contributed by atoms with Crippen LogP contribution in [0.3, 0.4) is 0 Å². The fourth-order valence-corrected chi connectivity index (χ4v) is 3.78. The summed E-state index contributed by atoms with van der Waals surface area (Å²) < 4.78 is 25.1. The normalized spacial score (nSPS) is 12.2.